The van der Waals surface area contributed by atoms with Gasteiger partial charge in [0.05, 0.1) is 11.9 Å². The smallest absolute Gasteiger partial charge is 0.270 e. The zero-order valence-electron chi connectivity index (χ0n) is 16.8. The number of benzene rings is 2. The van der Waals surface area contributed by atoms with Crippen molar-refractivity contribution in [3.8, 4) is 34.3 Å². The maximum atomic E-state index is 12.1. The second-order valence-corrected chi connectivity index (χ2v) is 7.05. The van der Waals surface area contributed by atoms with Crippen molar-refractivity contribution >= 4 is 11.7 Å². The van der Waals surface area contributed by atoms with Crippen LogP contribution >= 0.6 is 0 Å². The van der Waals surface area contributed by atoms with Gasteiger partial charge in [-0.2, -0.15) is 0 Å². The molecule has 30 heavy (non-hydrogen) atoms. The molecule has 2 aromatic carbocycles. The van der Waals surface area contributed by atoms with Crippen molar-refractivity contribution in [1.82, 2.24) is 25.1 Å². The number of amides is 1. The Morgan fingerprint density at radius 1 is 1.03 bits per heavy atom. The van der Waals surface area contributed by atoms with Crippen LogP contribution in [0.1, 0.15) is 18.8 Å². The van der Waals surface area contributed by atoms with Crippen molar-refractivity contribution < 1.29 is 12.1 Å². The van der Waals surface area contributed by atoms with Gasteiger partial charge in [-0.25, -0.2) is 9.97 Å². The molecule has 8 nitrogen and oxygen atoms in total. The summed E-state index contributed by atoms with van der Waals surface area (Å²) in [7, 11) is 3.42. The standard InChI is InChI=1S/C22H20N6O2.2H2/c1-13-5-4-6-16(11-13)20-26-27-21(30-20)18-19(23)24-12-17(25-18)14-7-9-15(10-8-14)22(29)28(2)3;;/h4-12H,1-3H3,(H2,23,24);2*1H. The van der Waals surface area contributed by atoms with E-state index in [-0.39, 0.29) is 20.5 Å². The van der Waals surface area contributed by atoms with E-state index >= 15 is 0 Å². The highest BCUT2D eigenvalue weighted by atomic mass is 16.4. The van der Waals surface area contributed by atoms with E-state index in [0.717, 1.165) is 16.7 Å². The average molecular weight is 404 g/mol. The quantitative estimate of drug-likeness (QED) is 0.548. The number of rotatable bonds is 4. The minimum absolute atomic E-state index is 0. The van der Waals surface area contributed by atoms with Gasteiger partial charge in [-0.15, -0.1) is 10.2 Å². The number of anilines is 1. The van der Waals surface area contributed by atoms with Crippen LogP contribution in [0.15, 0.2) is 59.1 Å². The lowest BCUT2D eigenvalue weighted by Gasteiger charge is -2.10. The second-order valence-electron chi connectivity index (χ2n) is 7.05. The van der Waals surface area contributed by atoms with E-state index in [9.17, 15) is 4.79 Å². The van der Waals surface area contributed by atoms with E-state index in [0.29, 0.717) is 22.8 Å². The fourth-order valence-corrected chi connectivity index (χ4v) is 2.95. The second kappa shape index (κ2) is 7.75. The third-order valence-corrected chi connectivity index (χ3v) is 4.53. The third kappa shape index (κ3) is 3.75. The van der Waals surface area contributed by atoms with E-state index in [1.807, 2.05) is 43.3 Å². The van der Waals surface area contributed by atoms with Crippen LogP contribution in [0.4, 0.5) is 5.82 Å². The molecule has 0 atom stereocenters. The van der Waals surface area contributed by atoms with Crippen molar-refractivity contribution in [3.63, 3.8) is 0 Å². The zero-order chi connectivity index (χ0) is 21.3. The normalized spacial score (nSPS) is 10.8. The third-order valence-electron chi connectivity index (χ3n) is 4.53. The van der Waals surface area contributed by atoms with Crippen LogP contribution in [0.3, 0.4) is 0 Å². The molecule has 0 radical (unpaired) electrons. The van der Waals surface area contributed by atoms with Crippen molar-refractivity contribution in [3.05, 3.63) is 65.9 Å². The van der Waals surface area contributed by atoms with Crippen molar-refractivity contribution in [2.45, 2.75) is 6.92 Å². The summed E-state index contributed by atoms with van der Waals surface area (Å²) in [5.74, 6) is 0.697. The van der Waals surface area contributed by atoms with Crippen LogP contribution in [-0.2, 0) is 0 Å². The van der Waals surface area contributed by atoms with E-state index in [4.69, 9.17) is 10.2 Å². The van der Waals surface area contributed by atoms with Crippen molar-refractivity contribution in [1.29, 1.82) is 0 Å². The molecule has 0 saturated heterocycles. The number of aryl methyl sites for hydroxylation is 1. The lowest BCUT2D eigenvalue weighted by atomic mass is 10.1. The fraction of sp³-hybridized carbons (Fsp3) is 0.136. The number of nitrogens with two attached hydrogens (primary N) is 1. The Morgan fingerprint density at radius 3 is 2.47 bits per heavy atom. The van der Waals surface area contributed by atoms with Crippen molar-refractivity contribution in [2.24, 2.45) is 0 Å². The molecule has 1 amide bonds. The molecule has 8 heteroatoms. The predicted octanol–water partition coefficient (Wildman–Crippen LogP) is 3.95. The molecule has 4 aromatic rings. The Balaban J connectivity index is 0.00000181. The van der Waals surface area contributed by atoms with Crippen molar-refractivity contribution in [2.75, 3.05) is 19.8 Å². The lowest BCUT2D eigenvalue weighted by molar-refractivity contribution is 0.0827. The van der Waals surface area contributed by atoms with Crippen LogP contribution in [0.25, 0.3) is 34.3 Å². The number of hydrogen-bond acceptors (Lipinski definition) is 7. The number of nitrogen functional groups attached to an aromatic ring is 1. The molecule has 154 valence electrons. The van der Waals surface area contributed by atoms with Gasteiger partial charge in [0.15, 0.2) is 11.5 Å². The molecule has 0 spiro atoms. The molecule has 2 N–H and O–H groups in total. The van der Waals surface area contributed by atoms with E-state index in [1.165, 1.54) is 4.90 Å². The first kappa shape index (κ1) is 19.3. The summed E-state index contributed by atoms with van der Waals surface area (Å²) in [5, 5.41) is 8.21. The molecule has 0 fully saturated rings. The van der Waals surface area contributed by atoms with Gasteiger partial charge in [-0.1, -0.05) is 29.8 Å². The summed E-state index contributed by atoms with van der Waals surface area (Å²) in [6, 6.07) is 14.9. The van der Waals surface area contributed by atoms with Gasteiger partial charge in [-0.05, 0) is 31.2 Å². The molecule has 0 unspecified atom stereocenters. The number of nitrogens with zero attached hydrogens (tertiary/aromatic N) is 5. The maximum absolute atomic E-state index is 12.1. The number of carbonyl (C=O) groups is 1. The summed E-state index contributed by atoms with van der Waals surface area (Å²) >= 11 is 0. The average Bonchev–Trinajstić information content (AvgIpc) is 3.24. The molecule has 0 aliphatic rings. The van der Waals surface area contributed by atoms with Gasteiger partial charge in [0.1, 0.15) is 0 Å². The summed E-state index contributed by atoms with van der Waals surface area (Å²) in [6.45, 7) is 1.99. The van der Waals surface area contributed by atoms with E-state index < -0.39 is 0 Å². The van der Waals surface area contributed by atoms with Crippen LogP contribution in [0.2, 0.25) is 0 Å². The van der Waals surface area contributed by atoms with Gasteiger partial charge in [-0.3, -0.25) is 4.79 Å². The first-order valence-corrected chi connectivity index (χ1v) is 9.28. The number of carbonyl (C=O) groups excluding carboxylic acids is 1. The minimum atomic E-state index is -0.0693. The van der Waals surface area contributed by atoms with E-state index in [1.54, 1.807) is 32.4 Å². The van der Waals surface area contributed by atoms with E-state index in [2.05, 4.69) is 20.2 Å². The number of hydrogen-bond donors (Lipinski definition) is 1. The van der Waals surface area contributed by atoms with Crippen LogP contribution in [0.5, 0.6) is 0 Å². The predicted molar refractivity (Wildman–Crippen MR) is 118 cm³/mol. The molecule has 0 aliphatic carbocycles. The number of aromatic nitrogens is 4. The maximum Gasteiger partial charge on any atom is 0.270 e. The Bertz CT molecular complexity index is 1230. The van der Waals surface area contributed by atoms with Gasteiger partial charge >= 0.3 is 0 Å². The molecule has 4 rings (SSSR count). The summed E-state index contributed by atoms with van der Waals surface area (Å²) < 4.78 is 5.80. The van der Waals surface area contributed by atoms with Crippen LogP contribution < -0.4 is 5.73 Å². The van der Waals surface area contributed by atoms with Gasteiger partial charge in [0, 0.05) is 33.6 Å². The zero-order valence-corrected chi connectivity index (χ0v) is 16.8. The highest BCUT2D eigenvalue weighted by Gasteiger charge is 2.17. The van der Waals surface area contributed by atoms with Gasteiger partial charge in [0.2, 0.25) is 5.89 Å². The molecule has 2 heterocycles. The highest BCUT2D eigenvalue weighted by Crippen LogP contribution is 2.28. The lowest BCUT2D eigenvalue weighted by Crippen LogP contribution is -2.21. The highest BCUT2D eigenvalue weighted by molar-refractivity contribution is 5.94. The Labute approximate surface area is 176 Å². The molecular formula is C22H24N6O2. The fourth-order valence-electron chi connectivity index (χ4n) is 2.95. The first-order chi connectivity index (χ1) is 14.4. The summed E-state index contributed by atoms with van der Waals surface area (Å²) in [5.41, 5.74) is 10.2. The van der Waals surface area contributed by atoms with Crippen LogP contribution in [0, 0.1) is 6.92 Å². The molecule has 2 aromatic heterocycles. The minimum Gasteiger partial charge on any atom is -0.414 e. The molecular weight excluding hydrogens is 380 g/mol. The van der Waals surface area contributed by atoms with Gasteiger partial charge in [0.25, 0.3) is 11.8 Å². The Hall–Kier alpha value is -4.07. The largest absolute Gasteiger partial charge is 0.414 e. The monoisotopic (exact) mass is 404 g/mol. The first-order valence-electron chi connectivity index (χ1n) is 9.28. The summed E-state index contributed by atoms with van der Waals surface area (Å²) in [4.78, 5) is 22.4. The van der Waals surface area contributed by atoms with Crippen LogP contribution in [-0.4, -0.2) is 45.1 Å². The Morgan fingerprint density at radius 2 is 1.77 bits per heavy atom. The SMILES string of the molecule is Cc1cccc(-c2nnc(-c3nc(-c4ccc(C(=O)N(C)C)cc4)cnc3N)o2)c1.[HH].[HH]. The molecule has 0 saturated carbocycles. The Kier molecular flexibility index (Phi) is 4.97. The molecule has 0 aliphatic heterocycles. The van der Waals surface area contributed by atoms with Gasteiger partial charge < -0.3 is 15.1 Å². The molecule has 0 bridgehead atoms. The summed E-state index contributed by atoms with van der Waals surface area (Å²) in [6.07, 6.45) is 1.57. The topological polar surface area (TPSA) is 111 Å².